The van der Waals surface area contributed by atoms with E-state index in [0.717, 1.165) is 4.47 Å². The van der Waals surface area contributed by atoms with Crippen LogP contribution in [0, 0.1) is 0 Å². The Morgan fingerprint density at radius 1 is 1.06 bits per heavy atom. The van der Waals surface area contributed by atoms with Gasteiger partial charge in [-0.25, -0.2) is 0 Å². The molecule has 170 valence electrons. The van der Waals surface area contributed by atoms with E-state index in [0.29, 0.717) is 28.0 Å². The predicted molar refractivity (Wildman–Crippen MR) is 125 cm³/mol. The Morgan fingerprint density at radius 2 is 1.88 bits per heavy atom. The monoisotopic (exact) mass is 540 g/mol. The van der Waals surface area contributed by atoms with E-state index in [4.69, 9.17) is 4.52 Å². The van der Waals surface area contributed by atoms with Crippen molar-refractivity contribution >= 4 is 48.6 Å². The summed E-state index contributed by atoms with van der Waals surface area (Å²) in [7, 11) is -4.43. The molecule has 0 fully saturated rings. The molecule has 5 aromatic rings. The van der Waals surface area contributed by atoms with Gasteiger partial charge in [-0.3, -0.25) is 9.35 Å². The maximum Gasteiger partial charge on any atom is 0.295 e. The highest BCUT2D eigenvalue weighted by atomic mass is 79.9. The van der Waals surface area contributed by atoms with Crippen LogP contribution in [0.3, 0.4) is 0 Å². The van der Waals surface area contributed by atoms with Crippen LogP contribution in [0.2, 0.25) is 0 Å². The molecular weight excluding hydrogens is 528 g/mol. The number of fused-ring (bicyclic) bond motifs is 1. The molecule has 3 N–H and O–H groups in total. The molecule has 13 heteroatoms. The van der Waals surface area contributed by atoms with Crippen molar-refractivity contribution in [2.45, 2.75) is 4.90 Å². The molecular formula is C21H13BrN6O5S. The van der Waals surface area contributed by atoms with Crippen LogP contribution in [0.15, 0.2) is 74.6 Å². The zero-order chi connectivity index (χ0) is 23.9. The highest BCUT2D eigenvalue weighted by molar-refractivity contribution is 9.10. The maximum atomic E-state index is 13.0. The molecule has 34 heavy (non-hydrogen) atoms. The second kappa shape index (κ2) is 8.44. The van der Waals surface area contributed by atoms with E-state index >= 15 is 0 Å². The molecule has 0 aliphatic carbocycles. The number of rotatable bonds is 5. The molecule has 2 aromatic heterocycles. The average Bonchev–Trinajstić information content (AvgIpc) is 3.49. The number of carbonyl (C=O) groups is 1. The summed E-state index contributed by atoms with van der Waals surface area (Å²) in [4.78, 5) is 12.8. The van der Waals surface area contributed by atoms with Gasteiger partial charge < -0.3 is 9.84 Å². The van der Waals surface area contributed by atoms with Crippen LogP contribution in [0.5, 0.6) is 0 Å². The number of halogens is 1. The minimum Gasteiger partial charge on any atom is -0.355 e. The van der Waals surface area contributed by atoms with Gasteiger partial charge in [-0.15, -0.1) is 10.2 Å². The smallest absolute Gasteiger partial charge is 0.295 e. The van der Waals surface area contributed by atoms with Crippen LogP contribution in [0.25, 0.3) is 33.5 Å². The third kappa shape index (κ3) is 4.07. The van der Waals surface area contributed by atoms with Gasteiger partial charge in [0.05, 0.1) is 11.1 Å². The van der Waals surface area contributed by atoms with E-state index in [1.807, 2.05) is 0 Å². The Morgan fingerprint density at radius 3 is 2.65 bits per heavy atom. The van der Waals surface area contributed by atoms with Crippen molar-refractivity contribution < 1.29 is 22.3 Å². The number of nitrogens with zero attached hydrogens (tertiary/aromatic N) is 4. The molecule has 0 radical (unpaired) electrons. The first-order valence-corrected chi connectivity index (χ1v) is 11.9. The molecule has 0 atom stereocenters. The summed E-state index contributed by atoms with van der Waals surface area (Å²) in [6, 6.07) is 15.9. The van der Waals surface area contributed by atoms with E-state index < -0.39 is 16.0 Å². The number of H-pyrrole nitrogens is 1. The zero-order valence-electron chi connectivity index (χ0n) is 16.9. The molecule has 0 bridgehead atoms. The largest absolute Gasteiger partial charge is 0.355 e. The van der Waals surface area contributed by atoms with Crippen LogP contribution in [-0.4, -0.2) is 44.7 Å². The van der Waals surface area contributed by atoms with Gasteiger partial charge in [0.1, 0.15) is 4.90 Å². The number of amides is 1. The molecule has 5 rings (SSSR count). The third-order valence-electron chi connectivity index (χ3n) is 4.98. The van der Waals surface area contributed by atoms with Crippen LogP contribution < -0.4 is 5.32 Å². The Bertz CT molecular complexity index is 1650. The number of carbonyl (C=O) groups excluding carboxylic acids is 1. The lowest BCUT2D eigenvalue weighted by molar-refractivity contribution is 0.102. The van der Waals surface area contributed by atoms with Gasteiger partial charge in [-0.05, 0) is 47.2 Å². The molecule has 0 aliphatic rings. The SMILES string of the molecule is O=C(Nc1ccc(Br)cc1-c1nn[nH]n1)c1noc2cc(-c3ccccc3S(=O)(=O)O)ccc12. The number of hydrogen-bond acceptors (Lipinski definition) is 8. The number of aromatic nitrogens is 5. The van der Waals surface area contributed by atoms with Gasteiger partial charge in [0.2, 0.25) is 5.82 Å². The number of benzene rings is 3. The van der Waals surface area contributed by atoms with Gasteiger partial charge in [-0.2, -0.15) is 13.6 Å². The van der Waals surface area contributed by atoms with Crippen LogP contribution in [-0.2, 0) is 10.1 Å². The number of aromatic amines is 1. The summed E-state index contributed by atoms with van der Waals surface area (Å²) in [5.41, 5.74) is 2.02. The fourth-order valence-corrected chi connectivity index (χ4v) is 4.54. The first-order chi connectivity index (χ1) is 16.3. The number of hydrogen-bond donors (Lipinski definition) is 3. The lowest BCUT2D eigenvalue weighted by Crippen LogP contribution is -2.13. The van der Waals surface area contributed by atoms with Crippen molar-refractivity contribution in [3.63, 3.8) is 0 Å². The summed E-state index contributed by atoms with van der Waals surface area (Å²) < 4.78 is 39.1. The van der Waals surface area contributed by atoms with Gasteiger partial charge in [0.25, 0.3) is 16.0 Å². The number of tetrazole rings is 1. The maximum absolute atomic E-state index is 13.0. The van der Waals surface area contributed by atoms with Crippen molar-refractivity contribution in [1.29, 1.82) is 0 Å². The van der Waals surface area contributed by atoms with Crippen LogP contribution in [0.4, 0.5) is 5.69 Å². The van der Waals surface area contributed by atoms with Crippen LogP contribution >= 0.6 is 15.9 Å². The zero-order valence-corrected chi connectivity index (χ0v) is 19.3. The standard InChI is InChI=1S/C21H13BrN6O5S/c22-12-6-8-16(15(10-12)20-24-27-28-25-20)23-21(29)19-14-7-5-11(9-17(14)33-26-19)13-3-1-2-4-18(13)34(30,31)32/h1-10H,(H,23,29)(H,30,31,32)(H,24,25,27,28). The molecule has 0 unspecified atom stereocenters. The normalized spacial score (nSPS) is 11.6. The van der Waals surface area contributed by atoms with E-state index in [-0.39, 0.29) is 21.7 Å². The molecule has 2 heterocycles. The fraction of sp³-hybridized carbons (Fsp3) is 0. The summed E-state index contributed by atoms with van der Waals surface area (Å²) in [6.45, 7) is 0. The average molecular weight is 541 g/mol. The Balaban J connectivity index is 1.50. The van der Waals surface area contributed by atoms with E-state index in [9.17, 15) is 17.8 Å². The molecule has 1 amide bonds. The lowest BCUT2D eigenvalue weighted by Gasteiger charge is -2.08. The minimum atomic E-state index is -4.43. The summed E-state index contributed by atoms with van der Waals surface area (Å²) >= 11 is 3.38. The van der Waals surface area contributed by atoms with Gasteiger partial charge >= 0.3 is 0 Å². The van der Waals surface area contributed by atoms with E-state index in [1.54, 1.807) is 48.5 Å². The molecule has 0 saturated carbocycles. The van der Waals surface area contributed by atoms with Crippen molar-refractivity contribution in [2.75, 3.05) is 5.32 Å². The first kappa shape index (κ1) is 21.9. The summed E-state index contributed by atoms with van der Waals surface area (Å²) in [5.74, 6) is -0.236. The third-order valence-corrected chi connectivity index (χ3v) is 6.38. The Labute approximate surface area is 200 Å². The number of nitrogens with one attached hydrogen (secondary N) is 2. The second-order valence-corrected chi connectivity index (χ2v) is 9.40. The summed E-state index contributed by atoms with van der Waals surface area (Å²) in [5, 5.41) is 20.9. The van der Waals surface area contributed by atoms with Crippen molar-refractivity contribution in [3.05, 3.63) is 70.8 Å². The molecule has 0 saturated heterocycles. The molecule has 0 aliphatic heterocycles. The lowest BCUT2D eigenvalue weighted by atomic mass is 10.0. The molecule has 0 spiro atoms. The molecule has 11 nitrogen and oxygen atoms in total. The van der Waals surface area contributed by atoms with Gasteiger partial charge in [0.15, 0.2) is 11.3 Å². The van der Waals surface area contributed by atoms with Crippen molar-refractivity contribution in [3.8, 4) is 22.5 Å². The topological polar surface area (TPSA) is 164 Å². The van der Waals surface area contributed by atoms with E-state index in [2.05, 4.69) is 47.0 Å². The number of anilines is 1. The molecule has 3 aromatic carbocycles. The van der Waals surface area contributed by atoms with Crippen LogP contribution in [0.1, 0.15) is 10.5 Å². The summed E-state index contributed by atoms with van der Waals surface area (Å²) in [6.07, 6.45) is 0. The second-order valence-electron chi connectivity index (χ2n) is 7.09. The van der Waals surface area contributed by atoms with Gasteiger partial charge in [-0.1, -0.05) is 45.4 Å². The highest BCUT2D eigenvalue weighted by Crippen LogP contribution is 2.32. The van der Waals surface area contributed by atoms with E-state index in [1.165, 1.54) is 12.1 Å². The highest BCUT2D eigenvalue weighted by Gasteiger charge is 2.21. The fourth-order valence-electron chi connectivity index (χ4n) is 3.47. The first-order valence-electron chi connectivity index (χ1n) is 9.62. The minimum absolute atomic E-state index is 0.0339. The Hall–Kier alpha value is -3.94. The quantitative estimate of drug-likeness (QED) is 0.280. The predicted octanol–water partition coefficient (Wildman–Crippen LogP) is 3.94. The van der Waals surface area contributed by atoms with Gasteiger partial charge in [0, 0.05) is 15.6 Å². The van der Waals surface area contributed by atoms with Crippen molar-refractivity contribution in [1.82, 2.24) is 25.8 Å². The van der Waals surface area contributed by atoms with Crippen molar-refractivity contribution in [2.24, 2.45) is 0 Å². The Kier molecular flexibility index (Phi) is 5.43.